The molecule has 2 heterocycles. The van der Waals surface area contributed by atoms with Crippen LogP contribution in [0.4, 0.5) is 0 Å². The van der Waals surface area contributed by atoms with Gasteiger partial charge in [-0.3, -0.25) is 14.2 Å². The van der Waals surface area contributed by atoms with Gasteiger partial charge in [-0.15, -0.1) is 0 Å². The Morgan fingerprint density at radius 3 is 2.65 bits per heavy atom. The van der Waals surface area contributed by atoms with Crippen molar-refractivity contribution in [3.8, 4) is 0 Å². The zero-order valence-electron chi connectivity index (χ0n) is 13.1. The maximum atomic E-state index is 12.2. The Labute approximate surface area is 153 Å². The summed E-state index contributed by atoms with van der Waals surface area (Å²) in [5.41, 5.74) is 1.62. The summed E-state index contributed by atoms with van der Waals surface area (Å²) in [4.78, 5) is 12.2. The summed E-state index contributed by atoms with van der Waals surface area (Å²) in [5.74, 6) is -0.0792. The average molecular weight is 423 g/mol. The normalized spacial score (nSPS) is 12.4. The minimum Gasteiger partial charge on any atom is -0.354 e. The Balaban J connectivity index is 1.83. The minimum atomic E-state index is -0.369. The number of aromatic nitrogens is 4. The second-order valence-electron chi connectivity index (χ2n) is 5.26. The Morgan fingerprint density at radius 1 is 1.43 bits per heavy atom. The first-order chi connectivity index (χ1) is 10.8. The first kappa shape index (κ1) is 18.3. The van der Waals surface area contributed by atoms with Gasteiger partial charge < -0.3 is 5.32 Å². The predicted octanol–water partition coefficient (Wildman–Crippen LogP) is 3.53. The quantitative estimate of drug-likeness (QED) is 0.724. The molecule has 23 heavy (non-hydrogen) atoms. The van der Waals surface area contributed by atoms with Crippen LogP contribution < -0.4 is 5.32 Å². The zero-order chi connectivity index (χ0) is 17.1. The van der Waals surface area contributed by atoms with Crippen molar-refractivity contribution >= 4 is 45.0 Å². The number of nitrogens with one attached hydrogen (secondary N) is 1. The number of rotatable bonds is 6. The van der Waals surface area contributed by atoms with Crippen LogP contribution in [0.5, 0.6) is 0 Å². The number of hydrogen-bond donors (Lipinski definition) is 1. The van der Waals surface area contributed by atoms with Crippen LogP contribution in [-0.2, 0) is 11.3 Å². The summed E-state index contributed by atoms with van der Waals surface area (Å²) in [6, 6.07) is -0.369. The van der Waals surface area contributed by atoms with E-state index in [0.717, 1.165) is 10.2 Å². The Hall–Kier alpha value is -1.05. The lowest BCUT2D eigenvalue weighted by atomic mass is 10.3. The summed E-state index contributed by atoms with van der Waals surface area (Å²) < 4.78 is 4.22. The molecule has 126 valence electrons. The molecule has 0 radical (unpaired) electrons. The van der Waals surface area contributed by atoms with Crippen LogP contribution in [0.25, 0.3) is 0 Å². The Bertz CT molecular complexity index is 712. The Kier molecular flexibility index (Phi) is 6.11. The first-order valence-electron chi connectivity index (χ1n) is 7.18. The van der Waals surface area contributed by atoms with Crippen LogP contribution in [0.2, 0.25) is 10.2 Å². The molecule has 2 rings (SSSR count). The fourth-order valence-electron chi connectivity index (χ4n) is 2.17. The molecule has 0 aliphatic rings. The predicted molar refractivity (Wildman–Crippen MR) is 94.0 cm³/mol. The van der Waals surface area contributed by atoms with Gasteiger partial charge in [-0.2, -0.15) is 10.2 Å². The molecule has 1 amide bonds. The zero-order valence-corrected chi connectivity index (χ0v) is 16.2. The lowest BCUT2D eigenvalue weighted by molar-refractivity contribution is -0.124. The minimum absolute atomic E-state index is 0.0792. The molecule has 6 nitrogen and oxygen atoms in total. The topological polar surface area (TPSA) is 64.7 Å². The van der Waals surface area contributed by atoms with Gasteiger partial charge in [-0.1, -0.05) is 23.2 Å². The van der Waals surface area contributed by atoms with Gasteiger partial charge in [0.2, 0.25) is 5.91 Å². The van der Waals surface area contributed by atoms with Crippen molar-refractivity contribution in [2.24, 2.45) is 0 Å². The Morgan fingerprint density at radius 2 is 2.13 bits per heavy atom. The summed E-state index contributed by atoms with van der Waals surface area (Å²) in [6.45, 7) is 6.64. The lowest BCUT2D eigenvalue weighted by Gasteiger charge is -2.14. The molecular weight excluding hydrogens is 405 g/mol. The fourth-order valence-corrected chi connectivity index (χ4v) is 2.84. The van der Waals surface area contributed by atoms with Crippen LogP contribution in [0.15, 0.2) is 10.7 Å². The molecule has 0 saturated carbocycles. The van der Waals surface area contributed by atoms with Gasteiger partial charge in [0.05, 0.1) is 22.1 Å². The number of carbonyl (C=O) groups excluding carboxylic acids is 1. The number of hydrogen-bond acceptors (Lipinski definition) is 3. The monoisotopic (exact) mass is 421 g/mol. The largest absolute Gasteiger partial charge is 0.354 e. The standard InChI is InChI=1S/C14H18BrCl2N5O/c1-8-12(16)13(17)21(20-8)6-4-5-18-14(23)10(3)22-9(2)11(15)7-19-22/h7,10H,4-6H2,1-3H3,(H,18,23). The van der Waals surface area contributed by atoms with Crippen molar-refractivity contribution in [2.45, 2.75) is 39.8 Å². The molecule has 2 aromatic rings. The maximum Gasteiger partial charge on any atom is 0.244 e. The van der Waals surface area contributed by atoms with Crippen molar-refractivity contribution < 1.29 is 4.79 Å². The number of nitrogens with zero attached hydrogens (tertiary/aromatic N) is 4. The number of amides is 1. The molecule has 0 saturated heterocycles. The van der Waals surface area contributed by atoms with E-state index in [9.17, 15) is 4.79 Å². The van der Waals surface area contributed by atoms with Crippen LogP contribution in [0, 0.1) is 13.8 Å². The lowest BCUT2D eigenvalue weighted by Crippen LogP contribution is -2.33. The van der Waals surface area contributed by atoms with Crippen molar-refractivity contribution in [3.63, 3.8) is 0 Å². The van der Waals surface area contributed by atoms with E-state index in [1.165, 1.54) is 0 Å². The van der Waals surface area contributed by atoms with Crippen LogP contribution in [-0.4, -0.2) is 32.0 Å². The molecule has 0 fully saturated rings. The highest BCUT2D eigenvalue weighted by molar-refractivity contribution is 9.10. The van der Waals surface area contributed by atoms with Crippen molar-refractivity contribution in [1.82, 2.24) is 24.9 Å². The second kappa shape index (κ2) is 7.68. The molecule has 0 aliphatic heterocycles. The molecule has 0 aliphatic carbocycles. The van der Waals surface area contributed by atoms with Crippen molar-refractivity contribution in [2.75, 3.05) is 6.54 Å². The molecule has 0 aromatic carbocycles. The van der Waals surface area contributed by atoms with Crippen LogP contribution >= 0.6 is 39.1 Å². The second-order valence-corrected chi connectivity index (χ2v) is 6.85. The molecule has 0 spiro atoms. The van der Waals surface area contributed by atoms with Gasteiger partial charge in [-0.25, -0.2) is 0 Å². The maximum absolute atomic E-state index is 12.2. The van der Waals surface area contributed by atoms with Crippen molar-refractivity contribution in [3.05, 3.63) is 32.2 Å². The van der Waals surface area contributed by atoms with Crippen LogP contribution in [0.1, 0.15) is 30.8 Å². The number of carbonyl (C=O) groups is 1. The molecular formula is C14H18BrCl2N5O. The van der Waals surface area contributed by atoms with Gasteiger partial charge in [0.25, 0.3) is 0 Å². The highest BCUT2D eigenvalue weighted by Gasteiger charge is 2.18. The smallest absolute Gasteiger partial charge is 0.244 e. The number of halogens is 3. The van der Waals surface area contributed by atoms with E-state index in [-0.39, 0.29) is 11.9 Å². The third-order valence-electron chi connectivity index (χ3n) is 3.57. The van der Waals surface area contributed by atoms with Gasteiger partial charge in [0.1, 0.15) is 16.2 Å². The van der Waals surface area contributed by atoms with E-state index < -0.39 is 0 Å². The molecule has 0 bridgehead atoms. The summed E-state index contributed by atoms with van der Waals surface area (Å²) in [7, 11) is 0. The van der Waals surface area contributed by atoms with E-state index in [0.29, 0.717) is 35.4 Å². The van der Waals surface area contributed by atoms with Crippen molar-refractivity contribution in [1.29, 1.82) is 0 Å². The third kappa shape index (κ3) is 4.08. The molecule has 2 aromatic heterocycles. The molecule has 9 heteroatoms. The van der Waals surface area contributed by atoms with Gasteiger partial charge in [-0.05, 0) is 43.1 Å². The van der Waals surface area contributed by atoms with E-state index in [1.54, 1.807) is 22.5 Å². The average Bonchev–Trinajstić information content (AvgIpc) is 2.98. The molecule has 1 unspecified atom stereocenters. The van der Waals surface area contributed by atoms with E-state index >= 15 is 0 Å². The highest BCUT2D eigenvalue weighted by Crippen LogP contribution is 2.25. The summed E-state index contributed by atoms with van der Waals surface area (Å²) in [6.07, 6.45) is 2.39. The SMILES string of the molecule is Cc1nn(CCCNC(=O)C(C)n2ncc(Br)c2C)c(Cl)c1Cl. The number of aryl methyl sites for hydroxylation is 2. The molecule has 1 atom stereocenters. The van der Waals surface area contributed by atoms with E-state index in [4.69, 9.17) is 23.2 Å². The summed E-state index contributed by atoms with van der Waals surface area (Å²) >= 11 is 15.4. The van der Waals surface area contributed by atoms with Crippen LogP contribution in [0.3, 0.4) is 0 Å². The van der Waals surface area contributed by atoms with Gasteiger partial charge in [0, 0.05) is 13.1 Å². The highest BCUT2D eigenvalue weighted by atomic mass is 79.9. The van der Waals surface area contributed by atoms with E-state index in [2.05, 4.69) is 31.4 Å². The fraction of sp³-hybridized carbons (Fsp3) is 0.500. The van der Waals surface area contributed by atoms with Gasteiger partial charge >= 0.3 is 0 Å². The van der Waals surface area contributed by atoms with Gasteiger partial charge in [0.15, 0.2) is 0 Å². The summed E-state index contributed by atoms with van der Waals surface area (Å²) in [5, 5.41) is 12.2. The molecule has 1 N–H and O–H groups in total. The third-order valence-corrected chi connectivity index (χ3v) is 5.28. The first-order valence-corrected chi connectivity index (χ1v) is 8.73. The van der Waals surface area contributed by atoms with E-state index in [1.807, 2.05) is 13.8 Å².